The molecule has 0 N–H and O–H groups in total. The highest BCUT2D eigenvalue weighted by molar-refractivity contribution is 5.56. The minimum atomic E-state index is -4.34. The summed E-state index contributed by atoms with van der Waals surface area (Å²) in [5.41, 5.74) is 4.32. The second-order valence-electron chi connectivity index (χ2n) is 7.65. The van der Waals surface area contributed by atoms with Gasteiger partial charge in [0.25, 0.3) is 0 Å². The van der Waals surface area contributed by atoms with Gasteiger partial charge in [0.05, 0.1) is 11.3 Å². The molecule has 6 heteroatoms. The van der Waals surface area contributed by atoms with Gasteiger partial charge in [0.1, 0.15) is 0 Å². The number of anilines is 1. The van der Waals surface area contributed by atoms with Crippen LogP contribution in [0, 0.1) is 6.92 Å². The molecule has 0 amide bonds. The third-order valence-electron chi connectivity index (χ3n) is 5.18. The molecule has 1 saturated carbocycles. The quantitative estimate of drug-likeness (QED) is 0.530. The number of hydrogen-bond donors (Lipinski definition) is 0. The number of aryl methyl sites for hydroxylation is 1. The molecule has 1 aromatic heterocycles. The lowest BCUT2D eigenvalue weighted by molar-refractivity contribution is -0.137. The van der Waals surface area contributed by atoms with Gasteiger partial charge >= 0.3 is 6.18 Å². The van der Waals surface area contributed by atoms with Gasteiger partial charge in [-0.15, -0.1) is 0 Å². The van der Waals surface area contributed by atoms with Crippen molar-refractivity contribution in [3.05, 3.63) is 77.1 Å². The second-order valence-corrected chi connectivity index (χ2v) is 7.65. The fourth-order valence-electron chi connectivity index (χ4n) is 3.41. The summed E-state index contributed by atoms with van der Waals surface area (Å²) in [6, 6.07) is 13.3. The van der Waals surface area contributed by atoms with Gasteiger partial charge in [0.2, 0.25) is 0 Å². The summed E-state index contributed by atoms with van der Waals surface area (Å²) in [7, 11) is 2.04. The number of rotatable bonds is 5. The van der Waals surface area contributed by atoms with E-state index in [1.165, 1.54) is 17.7 Å². The number of alkyl halides is 3. The molecule has 0 atom stereocenters. The minimum Gasteiger partial charge on any atom is -0.370 e. The van der Waals surface area contributed by atoms with Gasteiger partial charge < -0.3 is 4.90 Å². The fraction of sp³-hybridized carbons (Fsp3) is 0.304. The third kappa shape index (κ3) is 4.42. The number of nitrogens with zero attached hydrogens (tertiary/aromatic N) is 3. The van der Waals surface area contributed by atoms with Crippen LogP contribution in [0.4, 0.5) is 18.9 Å². The Labute approximate surface area is 168 Å². The monoisotopic (exact) mass is 397 g/mol. The predicted molar refractivity (Wildman–Crippen MR) is 108 cm³/mol. The Morgan fingerprint density at radius 1 is 1.07 bits per heavy atom. The molecule has 4 rings (SSSR count). The lowest BCUT2D eigenvalue weighted by atomic mass is 10.1. The van der Waals surface area contributed by atoms with Crippen LogP contribution < -0.4 is 4.90 Å². The van der Waals surface area contributed by atoms with Gasteiger partial charge in [-0.2, -0.15) is 13.2 Å². The van der Waals surface area contributed by atoms with E-state index in [1.807, 2.05) is 19.3 Å². The molecule has 29 heavy (non-hydrogen) atoms. The van der Waals surface area contributed by atoms with Crippen molar-refractivity contribution in [1.29, 1.82) is 0 Å². The van der Waals surface area contributed by atoms with Crippen LogP contribution in [0.1, 0.15) is 41.1 Å². The van der Waals surface area contributed by atoms with E-state index in [0.29, 0.717) is 23.9 Å². The van der Waals surface area contributed by atoms with E-state index in [0.717, 1.165) is 41.9 Å². The molecule has 1 aliphatic carbocycles. The van der Waals surface area contributed by atoms with Gasteiger partial charge in [-0.25, -0.2) is 9.97 Å². The van der Waals surface area contributed by atoms with Crippen LogP contribution in [0.2, 0.25) is 0 Å². The van der Waals surface area contributed by atoms with Gasteiger partial charge in [-0.1, -0.05) is 24.3 Å². The summed E-state index contributed by atoms with van der Waals surface area (Å²) in [6.45, 7) is 2.75. The highest BCUT2D eigenvalue weighted by atomic mass is 19.4. The first-order chi connectivity index (χ1) is 13.8. The maximum Gasteiger partial charge on any atom is 0.416 e. The van der Waals surface area contributed by atoms with E-state index in [-0.39, 0.29) is 0 Å². The number of benzene rings is 2. The lowest BCUT2D eigenvalue weighted by Gasteiger charge is -2.21. The third-order valence-corrected chi connectivity index (χ3v) is 5.18. The van der Waals surface area contributed by atoms with Crippen molar-refractivity contribution in [2.24, 2.45) is 0 Å². The summed E-state index contributed by atoms with van der Waals surface area (Å²) in [5.74, 6) is 0.884. The Bertz CT molecular complexity index is 1010. The number of halogens is 3. The highest BCUT2D eigenvalue weighted by Crippen LogP contribution is 2.41. The molecule has 0 unspecified atom stereocenters. The molecule has 3 nitrogen and oxygen atoms in total. The van der Waals surface area contributed by atoms with Crippen molar-refractivity contribution in [3.8, 4) is 11.4 Å². The SMILES string of the molecule is Cc1cccc(N(C)Cc2cnc(-c3ccc(C(F)(F)F)cc3)nc2C2CC2)c1. The Hall–Kier alpha value is -2.89. The zero-order chi connectivity index (χ0) is 20.6. The molecule has 1 fully saturated rings. The molecule has 0 radical (unpaired) electrons. The van der Waals surface area contributed by atoms with E-state index < -0.39 is 11.7 Å². The van der Waals surface area contributed by atoms with Crippen LogP contribution in [0.15, 0.2) is 54.7 Å². The average molecular weight is 397 g/mol. The van der Waals surface area contributed by atoms with Crippen molar-refractivity contribution >= 4 is 5.69 Å². The van der Waals surface area contributed by atoms with Crippen LogP contribution in [0.5, 0.6) is 0 Å². The molecule has 0 bridgehead atoms. The molecule has 0 saturated heterocycles. The van der Waals surface area contributed by atoms with E-state index >= 15 is 0 Å². The number of aromatic nitrogens is 2. The van der Waals surface area contributed by atoms with Crippen molar-refractivity contribution in [3.63, 3.8) is 0 Å². The van der Waals surface area contributed by atoms with E-state index in [4.69, 9.17) is 4.98 Å². The van der Waals surface area contributed by atoms with Gasteiger partial charge in [0, 0.05) is 42.5 Å². The van der Waals surface area contributed by atoms with Crippen LogP contribution in [0.25, 0.3) is 11.4 Å². The molecule has 0 spiro atoms. The average Bonchev–Trinajstić information content (AvgIpc) is 3.53. The topological polar surface area (TPSA) is 29.0 Å². The maximum atomic E-state index is 12.8. The Balaban J connectivity index is 1.60. The molecular formula is C23H22F3N3. The van der Waals surface area contributed by atoms with Gasteiger partial charge in [0.15, 0.2) is 5.82 Å². The molecular weight excluding hydrogens is 375 g/mol. The van der Waals surface area contributed by atoms with Gasteiger partial charge in [-0.3, -0.25) is 0 Å². The Morgan fingerprint density at radius 2 is 1.79 bits per heavy atom. The lowest BCUT2D eigenvalue weighted by Crippen LogP contribution is -2.18. The molecule has 1 heterocycles. The van der Waals surface area contributed by atoms with Crippen molar-refractivity contribution < 1.29 is 13.2 Å². The Kier molecular flexibility index (Phi) is 5.03. The first-order valence-electron chi connectivity index (χ1n) is 9.62. The summed E-state index contributed by atoms with van der Waals surface area (Å²) in [4.78, 5) is 11.4. The first kappa shape index (κ1) is 19.4. The van der Waals surface area contributed by atoms with Crippen LogP contribution in [0.3, 0.4) is 0 Å². The molecule has 3 aromatic rings. The second kappa shape index (κ2) is 7.50. The zero-order valence-corrected chi connectivity index (χ0v) is 16.4. The van der Waals surface area contributed by atoms with E-state index in [9.17, 15) is 13.2 Å². The zero-order valence-electron chi connectivity index (χ0n) is 16.4. The van der Waals surface area contributed by atoms with Crippen LogP contribution in [-0.4, -0.2) is 17.0 Å². The van der Waals surface area contributed by atoms with E-state index in [1.54, 1.807) is 0 Å². The van der Waals surface area contributed by atoms with Crippen molar-refractivity contribution in [1.82, 2.24) is 9.97 Å². The summed E-state index contributed by atoms with van der Waals surface area (Å²) < 4.78 is 38.4. The first-order valence-corrected chi connectivity index (χ1v) is 9.62. The van der Waals surface area contributed by atoms with Crippen molar-refractivity contribution in [2.45, 2.75) is 38.4 Å². The predicted octanol–water partition coefficient (Wildman–Crippen LogP) is 5.98. The minimum absolute atomic E-state index is 0.409. The fourth-order valence-corrected chi connectivity index (χ4v) is 3.41. The standard InChI is InChI=1S/C23H22F3N3/c1-15-4-3-5-20(12-15)29(2)14-18-13-27-22(28-21(18)16-6-7-16)17-8-10-19(11-9-17)23(24,25)26/h3-5,8-13,16H,6-7,14H2,1-2H3. The molecule has 0 aliphatic heterocycles. The van der Waals surface area contributed by atoms with Crippen LogP contribution >= 0.6 is 0 Å². The molecule has 150 valence electrons. The van der Waals surface area contributed by atoms with E-state index in [2.05, 4.69) is 35.0 Å². The Morgan fingerprint density at radius 3 is 2.41 bits per heavy atom. The summed E-state index contributed by atoms with van der Waals surface area (Å²) in [5, 5.41) is 0. The van der Waals surface area contributed by atoms with Gasteiger partial charge in [-0.05, 0) is 49.6 Å². The maximum absolute atomic E-state index is 12.8. The molecule has 2 aromatic carbocycles. The smallest absolute Gasteiger partial charge is 0.370 e. The summed E-state index contributed by atoms with van der Waals surface area (Å²) in [6.07, 6.45) is -0.349. The summed E-state index contributed by atoms with van der Waals surface area (Å²) >= 11 is 0. The van der Waals surface area contributed by atoms with Crippen molar-refractivity contribution in [2.75, 3.05) is 11.9 Å². The van der Waals surface area contributed by atoms with Crippen LogP contribution in [-0.2, 0) is 12.7 Å². The largest absolute Gasteiger partial charge is 0.416 e. The number of hydrogen-bond acceptors (Lipinski definition) is 3. The highest BCUT2D eigenvalue weighted by Gasteiger charge is 2.31. The molecule has 1 aliphatic rings. The normalized spacial score (nSPS) is 14.1.